The number of guanidine groups is 1. The first kappa shape index (κ1) is 20.7. The monoisotopic (exact) mass is 484 g/mol. The molecule has 8 nitrogen and oxygen atoms in total. The highest BCUT2D eigenvalue weighted by Gasteiger charge is 2.11. The number of halogens is 1. The summed E-state index contributed by atoms with van der Waals surface area (Å²) in [4.78, 5) is 14.5. The lowest BCUT2D eigenvalue weighted by Gasteiger charge is -2.10. The number of aliphatic imine (C=N–C) groups is 1. The summed E-state index contributed by atoms with van der Waals surface area (Å²) in [5.74, 6) is 1.70. The number of anilines is 1. The second-order valence-electron chi connectivity index (χ2n) is 5.78. The normalized spacial score (nSPS) is 13.3. The molecular formula is C18H21IN4O4. The number of nitro groups is 1. The lowest BCUT2D eigenvalue weighted by atomic mass is 10.1. The van der Waals surface area contributed by atoms with E-state index in [9.17, 15) is 10.1 Å². The molecule has 0 radical (unpaired) electrons. The molecule has 1 heterocycles. The minimum absolute atomic E-state index is 0. The van der Waals surface area contributed by atoms with Crippen molar-refractivity contribution < 1.29 is 14.4 Å². The Labute approximate surface area is 173 Å². The van der Waals surface area contributed by atoms with Crippen molar-refractivity contribution in [3.8, 4) is 11.5 Å². The van der Waals surface area contributed by atoms with Gasteiger partial charge in [-0.05, 0) is 24.1 Å². The molecule has 0 atom stereocenters. The SMILES string of the molecule is I.NC(=NCCc1ccc([N+](=O)[O-])cc1)Nc1ccc2c(c1)OCCCO2. The lowest BCUT2D eigenvalue weighted by molar-refractivity contribution is -0.384. The fourth-order valence-corrected chi connectivity index (χ4v) is 2.52. The molecule has 1 aliphatic heterocycles. The summed E-state index contributed by atoms with van der Waals surface area (Å²) in [6.45, 7) is 1.74. The van der Waals surface area contributed by atoms with E-state index in [1.54, 1.807) is 12.1 Å². The Kier molecular flexibility index (Phi) is 7.65. The van der Waals surface area contributed by atoms with Gasteiger partial charge in [-0.1, -0.05) is 12.1 Å². The lowest BCUT2D eigenvalue weighted by Crippen LogP contribution is -2.23. The Morgan fingerprint density at radius 2 is 1.85 bits per heavy atom. The predicted octanol–water partition coefficient (Wildman–Crippen LogP) is 3.34. The van der Waals surface area contributed by atoms with Crippen LogP contribution in [0.25, 0.3) is 0 Å². The Balaban J connectivity index is 0.00000261. The first-order chi connectivity index (χ1) is 12.6. The minimum Gasteiger partial charge on any atom is -0.490 e. The summed E-state index contributed by atoms with van der Waals surface area (Å²) in [5, 5.41) is 13.7. The van der Waals surface area contributed by atoms with Crippen molar-refractivity contribution in [3.63, 3.8) is 0 Å². The maximum atomic E-state index is 10.6. The van der Waals surface area contributed by atoms with Crippen LogP contribution in [-0.2, 0) is 6.42 Å². The number of nitrogens with one attached hydrogen (secondary N) is 1. The number of nitrogens with two attached hydrogens (primary N) is 1. The maximum Gasteiger partial charge on any atom is 0.269 e. The standard InChI is InChI=1S/C18H20N4O4.HI/c19-18(20-9-8-13-2-5-15(6-3-13)22(23)24)21-14-4-7-16-17(12-14)26-11-1-10-25-16;/h2-7,12H,1,8-11H2,(H3,19,20,21);1H. The number of rotatable bonds is 5. The van der Waals surface area contributed by atoms with Crippen LogP contribution in [0.1, 0.15) is 12.0 Å². The van der Waals surface area contributed by atoms with Gasteiger partial charge in [-0.2, -0.15) is 0 Å². The van der Waals surface area contributed by atoms with Crippen molar-refractivity contribution in [1.29, 1.82) is 0 Å². The average molecular weight is 484 g/mol. The summed E-state index contributed by atoms with van der Waals surface area (Å²) >= 11 is 0. The van der Waals surface area contributed by atoms with Crippen molar-refractivity contribution in [2.24, 2.45) is 10.7 Å². The highest BCUT2D eigenvalue weighted by atomic mass is 127. The van der Waals surface area contributed by atoms with Gasteiger partial charge >= 0.3 is 0 Å². The fourth-order valence-electron chi connectivity index (χ4n) is 2.52. The number of non-ortho nitro benzene ring substituents is 1. The van der Waals surface area contributed by atoms with Gasteiger partial charge in [-0.15, -0.1) is 24.0 Å². The van der Waals surface area contributed by atoms with Crippen LogP contribution in [0.2, 0.25) is 0 Å². The van der Waals surface area contributed by atoms with Crippen LogP contribution >= 0.6 is 24.0 Å². The van der Waals surface area contributed by atoms with Crippen LogP contribution in [0.4, 0.5) is 11.4 Å². The van der Waals surface area contributed by atoms with Crippen LogP contribution in [0.15, 0.2) is 47.5 Å². The number of nitro benzene ring substituents is 1. The van der Waals surface area contributed by atoms with Crippen LogP contribution in [0.5, 0.6) is 11.5 Å². The Bertz CT molecular complexity index is 812. The molecule has 1 aliphatic rings. The smallest absolute Gasteiger partial charge is 0.269 e. The molecule has 0 saturated carbocycles. The van der Waals surface area contributed by atoms with Gasteiger partial charge in [-0.25, -0.2) is 0 Å². The van der Waals surface area contributed by atoms with Crippen LogP contribution in [0.3, 0.4) is 0 Å². The van der Waals surface area contributed by atoms with E-state index in [-0.39, 0.29) is 29.7 Å². The third kappa shape index (κ3) is 5.98. The Hall–Kier alpha value is -2.56. The molecule has 144 valence electrons. The molecule has 0 spiro atoms. The van der Waals surface area contributed by atoms with E-state index in [4.69, 9.17) is 15.2 Å². The number of fused-ring (bicyclic) bond motifs is 1. The van der Waals surface area contributed by atoms with Gasteiger partial charge in [-0.3, -0.25) is 15.1 Å². The summed E-state index contributed by atoms with van der Waals surface area (Å²) < 4.78 is 11.2. The Morgan fingerprint density at radius 3 is 2.56 bits per heavy atom. The second kappa shape index (κ2) is 9.95. The first-order valence-electron chi connectivity index (χ1n) is 8.32. The largest absolute Gasteiger partial charge is 0.490 e. The average Bonchev–Trinajstić information content (AvgIpc) is 2.87. The molecule has 3 rings (SSSR count). The molecule has 0 aliphatic carbocycles. The molecule has 0 unspecified atom stereocenters. The summed E-state index contributed by atoms with van der Waals surface area (Å²) in [5.41, 5.74) is 7.73. The number of ether oxygens (including phenoxy) is 2. The van der Waals surface area contributed by atoms with Gasteiger partial charge in [0.05, 0.1) is 18.1 Å². The van der Waals surface area contributed by atoms with Crippen LogP contribution < -0.4 is 20.5 Å². The molecule has 27 heavy (non-hydrogen) atoms. The first-order valence-corrected chi connectivity index (χ1v) is 8.32. The third-order valence-corrected chi connectivity index (χ3v) is 3.85. The minimum atomic E-state index is -0.418. The molecule has 2 aromatic carbocycles. The Morgan fingerprint density at radius 1 is 1.15 bits per heavy atom. The third-order valence-electron chi connectivity index (χ3n) is 3.85. The van der Waals surface area contributed by atoms with Crippen LogP contribution in [-0.4, -0.2) is 30.6 Å². The van der Waals surface area contributed by atoms with E-state index < -0.39 is 4.92 Å². The van der Waals surface area contributed by atoms with Gasteiger partial charge in [0.15, 0.2) is 17.5 Å². The van der Waals surface area contributed by atoms with E-state index in [1.807, 2.05) is 18.2 Å². The molecule has 9 heteroatoms. The molecule has 2 aromatic rings. The molecular weight excluding hydrogens is 463 g/mol. The fraction of sp³-hybridized carbons (Fsp3) is 0.278. The summed E-state index contributed by atoms with van der Waals surface area (Å²) in [6.07, 6.45) is 1.49. The topological polar surface area (TPSA) is 112 Å². The van der Waals surface area contributed by atoms with Crippen molar-refractivity contribution in [1.82, 2.24) is 0 Å². The van der Waals surface area contributed by atoms with Gasteiger partial charge in [0, 0.05) is 36.9 Å². The highest BCUT2D eigenvalue weighted by Crippen LogP contribution is 2.32. The van der Waals surface area contributed by atoms with Crippen molar-refractivity contribution >= 4 is 41.3 Å². The number of benzene rings is 2. The van der Waals surface area contributed by atoms with E-state index in [0.29, 0.717) is 37.9 Å². The van der Waals surface area contributed by atoms with E-state index >= 15 is 0 Å². The molecule has 0 saturated heterocycles. The number of hydrogen-bond donors (Lipinski definition) is 2. The zero-order chi connectivity index (χ0) is 18.4. The van der Waals surface area contributed by atoms with E-state index in [1.165, 1.54) is 12.1 Å². The molecule has 0 amide bonds. The quantitative estimate of drug-likeness (QED) is 0.221. The van der Waals surface area contributed by atoms with Crippen molar-refractivity contribution in [3.05, 3.63) is 58.1 Å². The zero-order valence-electron chi connectivity index (χ0n) is 14.6. The second-order valence-corrected chi connectivity index (χ2v) is 5.78. The molecule has 0 fully saturated rings. The van der Waals surface area contributed by atoms with Crippen molar-refractivity contribution in [2.75, 3.05) is 25.1 Å². The highest BCUT2D eigenvalue weighted by molar-refractivity contribution is 14.0. The van der Waals surface area contributed by atoms with Gasteiger partial charge in [0.25, 0.3) is 5.69 Å². The van der Waals surface area contributed by atoms with Gasteiger partial charge in [0.2, 0.25) is 0 Å². The van der Waals surface area contributed by atoms with Crippen LogP contribution in [0, 0.1) is 10.1 Å². The maximum absolute atomic E-state index is 10.6. The van der Waals surface area contributed by atoms with E-state index in [0.717, 1.165) is 23.4 Å². The summed E-state index contributed by atoms with van der Waals surface area (Å²) in [7, 11) is 0. The molecule has 3 N–H and O–H groups in total. The molecule has 0 aromatic heterocycles. The van der Waals surface area contributed by atoms with E-state index in [2.05, 4.69) is 10.3 Å². The number of nitrogens with zero attached hydrogens (tertiary/aromatic N) is 2. The predicted molar refractivity (Wildman–Crippen MR) is 114 cm³/mol. The van der Waals surface area contributed by atoms with Gasteiger partial charge in [0.1, 0.15) is 0 Å². The zero-order valence-corrected chi connectivity index (χ0v) is 16.9. The van der Waals surface area contributed by atoms with Gasteiger partial charge < -0.3 is 20.5 Å². The number of hydrogen-bond acceptors (Lipinski definition) is 5. The molecule has 0 bridgehead atoms. The van der Waals surface area contributed by atoms with Crippen molar-refractivity contribution in [2.45, 2.75) is 12.8 Å². The summed E-state index contributed by atoms with van der Waals surface area (Å²) in [6, 6.07) is 11.9.